The van der Waals surface area contributed by atoms with Gasteiger partial charge in [-0.15, -0.1) is 0 Å². The molecule has 0 spiro atoms. The van der Waals surface area contributed by atoms with Gasteiger partial charge in [0.15, 0.2) is 0 Å². The number of benzene rings is 1. The van der Waals surface area contributed by atoms with Gasteiger partial charge in [0.2, 0.25) is 0 Å². The summed E-state index contributed by atoms with van der Waals surface area (Å²) < 4.78 is 26.4. The van der Waals surface area contributed by atoms with Crippen LogP contribution in [0.25, 0.3) is 0 Å². The molecule has 5 nitrogen and oxygen atoms in total. The fourth-order valence-electron chi connectivity index (χ4n) is 2.15. The Kier molecular flexibility index (Phi) is 6.74. The Morgan fingerprint density at radius 1 is 1.33 bits per heavy atom. The molecule has 1 aromatic rings. The number of piperidine rings is 1. The molecule has 0 radical (unpaired) electrons. The molecule has 1 aromatic carbocycles. The van der Waals surface area contributed by atoms with Crippen LogP contribution in [0.4, 0.5) is 8.78 Å². The molecular weight excluding hydrogens is 282 g/mol. The van der Waals surface area contributed by atoms with E-state index >= 15 is 0 Å². The van der Waals surface area contributed by atoms with Gasteiger partial charge < -0.3 is 15.6 Å². The summed E-state index contributed by atoms with van der Waals surface area (Å²) in [6.45, 7) is 2.71. The van der Waals surface area contributed by atoms with Crippen molar-refractivity contribution in [2.45, 2.75) is 19.8 Å². The van der Waals surface area contributed by atoms with Crippen LogP contribution in [0.5, 0.6) is 0 Å². The predicted molar refractivity (Wildman–Crippen MR) is 73.6 cm³/mol. The first-order chi connectivity index (χ1) is 9.95. The molecule has 116 valence electrons. The Morgan fingerprint density at radius 3 is 2.38 bits per heavy atom. The monoisotopic (exact) mass is 300 g/mol. The maximum atomic E-state index is 13.6. The minimum absolute atomic E-state index is 0.0150. The van der Waals surface area contributed by atoms with E-state index in [0.29, 0.717) is 5.71 Å². The molecule has 1 aliphatic rings. The predicted octanol–water partition coefficient (Wildman–Crippen LogP) is 2.23. The zero-order valence-corrected chi connectivity index (χ0v) is 11.6. The normalized spacial score (nSPS) is 16.0. The lowest BCUT2D eigenvalue weighted by atomic mass is 9.88. The molecule has 0 bridgehead atoms. The van der Waals surface area contributed by atoms with Crippen molar-refractivity contribution in [1.29, 1.82) is 0 Å². The van der Waals surface area contributed by atoms with E-state index in [2.05, 4.69) is 10.5 Å². The minimum Gasteiger partial charge on any atom is -0.481 e. The third kappa shape index (κ3) is 5.47. The molecule has 21 heavy (non-hydrogen) atoms. The van der Waals surface area contributed by atoms with Crippen molar-refractivity contribution in [2.75, 3.05) is 13.1 Å². The summed E-state index contributed by atoms with van der Waals surface area (Å²) in [6, 6.07) is 3.30. The molecule has 0 saturated carbocycles. The molecule has 0 aromatic heterocycles. The molecule has 1 saturated heterocycles. The smallest absolute Gasteiger partial charge is 0.300 e. The Hall–Kier alpha value is -2.02. The van der Waals surface area contributed by atoms with Gasteiger partial charge in [-0.3, -0.25) is 4.79 Å². The van der Waals surface area contributed by atoms with Gasteiger partial charge >= 0.3 is 0 Å². The third-order valence-corrected chi connectivity index (χ3v) is 3.04. The molecule has 1 aliphatic heterocycles. The largest absolute Gasteiger partial charge is 0.481 e. The summed E-state index contributed by atoms with van der Waals surface area (Å²) >= 11 is 0. The van der Waals surface area contributed by atoms with Crippen LogP contribution in [0, 0.1) is 17.6 Å². The number of hydrogen-bond donors (Lipinski definition) is 3. The number of rotatable bonds is 2. The molecule has 2 rings (SSSR count). The lowest BCUT2D eigenvalue weighted by Crippen LogP contribution is -2.32. The topological polar surface area (TPSA) is 81.9 Å². The number of carboxylic acid groups (broad SMARTS) is 1. The maximum Gasteiger partial charge on any atom is 0.300 e. The highest BCUT2D eigenvalue weighted by molar-refractivity contribution is 6.02. The summed E-state index contributed by atoms with van der Waals surface area (Å²) in [6.07, 6.45) is 1.58. The number of halogens is 2. The fourth-order valence-corrected chi connectivity index (χ4v) is 2.15. The Labute approximate surface area is 121 Å². The number of nitrogens with zero attached hydrogens (tertiary/aromatic N) is 1. The third-order valence-electron chi connectivity index (χ3n) is 3.04. The first-order valence-corrected chi connectivity index (χ1v) is 6.53. The molecule has 0 amide bonds. The Morgan fingerprint density at radius 2 is 1.90 bits per heavy atom. The van der Waals surface area contributed by atoms with E-state index in [4.69, 9.17) is 15.1 Å². The van der Waals surface area contributed by atoms with Gasteiger partial charge in [-0.1, -0.05) is 5.16 Å². The van der Waals surface area contributed by atoms with Crippen LogP contribution < -0.4 is 5.32 Å². The molecule has 7 heteroatoms. The summed E-state index contributed by atoms with van der Waals surface area (Å²) in [5.41, 5.74) is 0.491. The molecule has 0 atom stereocenters. The first kappa shape index (κ1) is 17.0. The minimum atomic E-state index is -0.833. The Balaban J connectivity index is 0.000000491. The van der Waals surface area contributed by atoms with Gasteiger partial charge in [-0.05, 0) is 38.1 Å². The molecule has 1 fully saturated rings. The van der Waals surface area contributed by atoms with Crippen molar-refractivity contribution in [1.82, 2.24) is 5.32 Å². The van der Waals surface area contributed by atoms with Crippen LogP contribution in [0.1, 0.15) is 25.3 Å². The lowest BCUT2D eigenvalue weighted by molar-refractivity contribution is -0.134. The maximum absolute atomic E-state index is 13.6. The van der Waals surface area contributed by atoms with Gasteiger partial charge in [0.05, 0.1) is 5.71 Å². The van der Waals surface area contributed by atoms with Crippen molar-refractivity contribution < 1.29 is 23.9 Å². The van der Waals surface area contributed by atoms with Crippen molar-refractivity contribution in [2.24, 2.45) is 11.1 Å². The zero-order valence-electron chi connectivity index (χ0n) is 11.6. The number of aliphatic carboxylic acids is 1. The number of carbonyl (C=O) groups is 1. The average Bonchev–Trinajstić information content (AvgIpc) is 2.42. The zero-order chi connectivity index (χ0) is 15.8. The van der Waals surface area contributed by atoms with Crippen molar-refractivity contribution >= 4 is 11.7 Å². The molecule has 0 unspecified atom stereocenters. The second-order valence-corrected chi connectivity index (χ2v) is 4.65. The van der Waals surface area contributed by atoms with Crippen LogP contribution in [-0.4, -0.2) is 35.1 Å². The van der Waals surface area contributed by atoms with Gasteiger partial charge in [0.1, 0.15) is 11.6 Å². The highest BCUT2D eigenvalue weighted by Gasteiger charge is 2.23. The molecular formula is C14H18F2N2O3. The average molecular weight is 300 g/mol. The van der Waals surface area contributed by atoms with Crippen LogP contribution >= 0.6 is 0 Å². The highest BCUT2D eigenvalue weighted by Crippen LogP contribution is 2.21. The van der Waals surface area contributed by atoms with E-state index in [1.54, 1.807) is 0 Å². The molecule has 0 aliphatic carbocycles. The van der Waals surface area contributed by atoms with Crippen LogP contribution in [0.3, 0.4) is 0 Å². The van der Waals surface area contributed by atoms with Crippen molar-refractivity contribution in [3.05, 3.63) is 35.4 Å². The number of oxime groups is 1. The number of nitrogens with one attached hydrogen (secondary N) is 1. The fraction of sp³-hybridized carbons (Fsp3) is 0.429. The molecule has 3 N–H and O–H groups in total. The first-order valence-electron chi connectivity index (χ1n) is 6.53. The second kappa shape index (κ2) is 8.31. The quantitative estimate of drug-likeness (QED) is 0.444. The van der Waals surface area contributed by atoms with Gasteiger partial charge in [0, 0.05) is 24.5 Å². The summed E-state index contributed by atoms with van der Waals surface area (Å²) in [7, 11) is 0. The van der Waals surface area contributed by atoms with Crippen LogP contribution in [0.15, 0.2) is 23.4 Å². The second-order valence-electron chi connectivity index (χ2n) is 4.65. The van der Waals surface area contributed by atoms with Crippen molar-refractivity contribution in [3.8, 4) is 0 Å². The Bertz CT molecular complexity index is 511. The van der Waals surface area contributed by atoms with Crippen LogP contribution in [-0.2, 0) is 4.79 Å². The molecule has 1 heterocycles. The SMILES string of the molecule is CC(=O)O.ON=C(c1ccc(F)cc1F)C1CCNCC1. The van der Waals surface area contributed by atoms with Gasteiger partial charge in [0.25, 0.3) is 5.97 Å². The van der Waals surface area contributed by atoms with E-state index in [-0.39, 0.29) is 11.5 Å². The summed E-state index contributed by atoms with van der Waals surface area (Å²) in [4.78, 5) is 9.00. The van der Waals surface area contributed by atoms with Crippen molar-refractivity contribution in [3.63, 3.8) is 0 Å². The highest BCUT2D eigenvalue weighted by atomic mass is 19.1. The standard InChI is InChI=1S/C12H14F2N2O.C2H4O2/c13-9-1-2-10(11(14)7-9)12(16-17)8-3-5-15-6-4-8;1-2(3)4/h1-2,7-8,15,17H,3-6H2;1H3,(H,3,4). The van der Waals surface area contributed by atoms with E-state index in [0.717, 1.165) is 38.9 Å². The van der Waals surface area contributed by atoms with E-state index in [9.17, 15) is 8.78 Å². The van der Waals surface area contributed by atoms with E-state index in [1.165, 1.54) is 12.1 Å². The van der Waals surface area contributed by atoms with Gasteiger partial charge in [-0.25, -0.2) is 8.78 Å². The number of carboxylic acids is 1. The number of hydrogen-bond acceptors (Lipinski definition) is 4. The van der Waals surface area contributed by atoms with E-state index < -0.39 is 17.6 Å². The van der Waals surface area contributed by atoms with E-state index in [1.807, 2.05) is 0 Å². The van der Waals surface area contributed by atoms with Crippen LogP contribution in [0.2, 0.25) is 0 Å². The summed E-state index contributed by atoms with van der Waals surface area (Å²) in [5, 5.41) is 22.8. The lowest BCUT2D eigenvalue weighted by Gasteiger charge is -2.23. The van der Waals surface area contributed by atoms with Gasteiger partial charge in [-0.2, -0.15) is 0 Å². The summed E-state index contributed by atoms with van der Waals surface area (Å²) in [5.74, 6) is -2.13.